The molecule has 0 N–H and O–H groups in total. The number of nitrogens with zero attached hydrogens (tertiary/aromatic N) is 1. The summed E-state index contributed by atoms with van der Waals surface area (Å²) in [5.41, 5.74) is 3.15. The second-order valence-electron chi connectivity index (χ2n) is 7.28. The molecule has 1 heterocycles. The third-order valence-electron chi connectivity index (χ3n) is 5.19. The number of fused-ring (bicyclic) bond motifs is 1. The van der Waals surface area contributed by atoms with Gasteiger partial charge in [-0.05, 0) is 85.5 Å². The van der Waals surface area contributed by atoms with Crippen molar-refractivity contribution in [2.45, 2.75) is 32.4 Å². The molecule has 0 fully saturated rings. The molecular formula is C24H21ClFNO2. The van der Waals surface area contributed by atoms with Crippen molar-refractivity contribution in [3.63, 3.8) is 0 Å². The Labute approximate surface area is 174 Å². The highest BCUT2D eigenvalue weighted by atomic mass is 35.5. The van der Waals surface area contributed by atoms with Gasteiger partial charge >= 0.3 is 0 Å². The Bertz CT molecular complexity index is 1040. The fourth-order valence-electron chi connectivity index (χ4n) is 3.66. The third kappa shape index (κ3) is 4.28. The largest absolute Gasteiger partial charge is 0.489 e. The van der Waals surface area contributed by atoms with Crippen molar-refractivity contribution >= 4 is 23.2 Å². The SMILES string of the molecule is CC1CCc2cc(F)ccc2N1C(=O)c1cccc(COc2ccc(Cl)cc2)c1. The number of benzene rings is 3. The van der Waals surface area contributed by atoms with Gasteiger partial charge in [-0.15, -0.1) is 0 Å². The van der Waals surface area contributed by atoms with Crippen LogP contribution in [0.5, 0.6) is 5.75 Å². The predicted octanol–water partition coefficient (Wildman–Crippen LogP) is 6.04. The molecule has 3 aromatic rings. The molecule has 1 aliphatic rings. The van der Waals surface area contributed by atoms with Crippen LogP contribution in [-0.4, -0.2) is 11.9 Å². The van der Waals surface area contributed by atoms with Crippen LogP contribution in [0.3, 0.4) is 0 Å². The summed E-state index contributed by atoms with van der Waals surface area (Å²) >= 11 is 5.90. The van der Waals surface area contributed by atoms with Gasteiger partial charge in [0.25, 0.3) is 5.91 Å². The van der Waals surface area contributed by atoms with E-state index in [-0.39, 0.29) is 17.8 Å². The van der Waals surface area contributed by atoms with Crippen molar-refractivity contribution < 1.29 is 13.9 Å². The van der Waals surface area contributed by atoms with Crippen LogP contribution in [0.4, 0.5) is 10.1 Å². The van der Waals surface area contributed by atoms with E-state index in [1.54, 1.807) is 29.2 Å². The average Bonchev–Trinajstić information content (AvgIpc) is 2.73. The van der Waals surface area contributed by atoms with E-state index in [2.05, 4.69) is 0 Å². The summed E-state index contributed by atoms with van der Waals surface area (Å²) in [5.74, 6) is 0.359. The van der Waals surface area contributed by atoms with Crippen molar-refractivity contribution in [3.05, 3.63) is 94.3 Å². The van der Waals surface area contributed by atoms with Gasteiger partial charge in [0.2, 0.25) is 0 Å². The molecular weight excluding hydrogens is 389 g/mol. The average molecular weight is 410 g/mol. The van der Waals surface area contributed by atoms with Crippen LogP contribution < -0.4 is 9.64 Å². The standard InChI is InChI=1S/C24H21ClFNO2/c1-16-5-6-18-14-21(26)9-12-23(18)27(16)24(28)19-4-2-3-17(13-19)15-29-22-10-7-20(25)8-11-22/h2-4,7-14,16H,5-6,15H2,1H3. The maximum atomic E-state index is 13.6. The van der Waals surface area contributed by atoms with Crippen molar-refractivity contribution in [2.75, 3.05) is 4.90 Å². The summed E-state index contributed by atoms with van der Waals surface area (Å²) < 4.78 is 19.4. The Morgan fingerprint density at radius 1 is 1.14 bits per heavy atom. The molecule has 0 radical (unpaired) electrons. The lowest BCUT2D eigenvalue weighted by molar-refractivity contribution is 0.0975. The van der Waals surface area contributed by atoms with Crippen LogP contribution in [0.15, 0.2) is 66.7 Å². The minimum atomic E-state index is -0.271. The fourth-order valence-corrected chi connectivity index (χ4v) is 3.79. The van der Waals surface area contributed by atoms with Crippen LogP contribution in [0.2, 0.25) is 5.02 Å². The van der Waals surface area contributed by atoms with Gasteiger partial charge in [0.1, 0.15) is 18.2 Å². The molecule has 0 saturated heterocycles. The highest BCUT2D eigenvalue weighted by molar-refractivity contribution is 6.30. The predicted molar refractivity (Wildman–Crippen MR) is 113 cm³/mol. The van der Waals surface area contributed by atoms with Crippen LogP contribution in [0.25, 0.3) is 0 Å². The van der Waals surface area contributed by atoms with E-state index >= 15 is 0 Å². The van der Waals surface area contributed by atoms with Gasteiger partial charge in [-0.3, -0.25) is 4.79 Å². The molecule has 29 heavy (non-hydrogen) atoms. The van der Waals surface area contributed by atoms with E-state index in [0.717, 1.165) is 29.7 Å². The van der Waals surface area contributed by atoms with Crippen molar-refractivity contribution in [3.8, 4) is 5.75 Å². The Hall–Kier alpha value is -2.85. The van der Waals surface area contributed by atoms with E-state index in [1.165, 1.54) is 12.1 Å². The molecule has 1 atom stereocenters. The summed E-state index contributed by atoms with van der Waals surface area (Å²) in [6.07, 6.45) is 1.58. The molecule has 0 spiro atoms. The van der Waals surface area contributed by atoms with E-state index in [1.807, 2.05) is 37.3 Å². The number of carbonyl (C=O) groups is 1. The minimum Gasteiger partial charge on any atom is -0.489 e. The molecule has 1 aliphatic heterocycles. The summed E-state index contributed by atoms with van der Waals surface area (Å²) in [7, 11) is 0. The fraction of sp³-hybridized carbons (Fsp3) is 0.208. The molecule has 3 aromatic carbocycles. The Morgan fingerprint density at radius 2 is 1.93 bits per heavy atom. The summed E-state index contributed by atoms with van der Waals surface area (Å²) in [4.78, 5) is 15.1. The number of halogens is 2. The molecule has 0 saturated carbocycles. The zero-order chi connectivity index (χ0) is 20.4. The Morgan fingerprint density at radius 3 is 2.72 bits per heavy atom. The normalized spacial score (nSPS) is 15.7. The first kappa shape index (κ1) is 19.5. The zero-order valence-corrected chi connectivity index (χ0v) is 16.8. The van der Waals surface area contributed by atoms with Crippen molar-refractivity contribution in [2.24, 2.45) is 0 Å². The van der Waals surface area contributed by atoms with Crippen LogP contribution in [-0.2, 0) is 13.0 Å². The number of rotatable bonds is 4. The molecule has 1 amide bonds. The van der Waals surface area contributed by atoms with Crippen LogP contribution >= 0.6 is 11.6 Å². The quantitative estimate of drug-likeness (QED) is 0.525. The first-order chi connectivity index (χ1) is 14.0. The van der Waals surface area contributed by atoms with Gasteiger partial charge in [-0.25, -0.2) is 4.39 Å². The second-order valence-corrected chi connectivity index (χ2v) is 7.72. The van der Waals surface area contributed by atoms with E-state index in [9.17, 15) is 9.18 Å². The number of ether oxygens (including phenoxy) is 1. The summed E-state index contributed by atoms with van der Waals surface area (Å²) in [5, 5.41) is 0.653. The lowest BCUT2D eigenvalue weighted by Gasteiger charge is -2.35. The van der Waals surface area contributed by atoms with Gasteiger partial charge in [0.05, 0.1) is 0 Å². The van der Waals surface area contributed by atoms with Gasteiger partial charge in [0.15, 0.2) is 0 Å². The lowest BCUT2D eigenvalue weighted by atomic mass is 9.95. The summed E-state index contributed by atoms with van der Waals surface area (Å²) in [6, 6.07) is 19.3. The zero-order valence-electron chi connectivity index (χ0n) is 16.1. The molecule has 0 bridgehead atoms. The van der Waals surface area contributed by atoms with Gasteiger partial charge in [0, 0.05) is 22.3 Å². The topological polar surface area (TPSA) is 29.5 Å². The van der Waals surface area contributed by atoms with Gasteiger partial charge < -0.3 is 9.64 Å². The molecule has 3 nitrogen and oxygen atoms in total. The monoisotopic (exact) mass is 409 g/mol. The summed E-state index contributed by atoms with van der Waals surface area (Å²) in [6.45, 7) is 2.37. The highest BCUT2D eigenvalue weighted by Crippen LogP contribution is 2.32. The third-order valence-corrected chi connectivity index (χ3v) is 5.44. The van der Waals surface area contributed by atoms with E-state index in [4.69, 9.17) is 16.3 Å². The first-order valence-corrected chi connectivity index (χ1v) is 9.98. The van der Waals surface area contributed by atoms with Crippen LogP contribution in [0.1, 0.15) is 34.8 Å². The molecule has 5 heteroatoms. The van der Waals surface area contributed by atoms with E-state index < -0.39 is 0 Å². The molecule has 0 aliphatic carbocycles. The first-order valence-electron chi connectivity index (χ1n) is 9.60. The lowest BCUT2D eigenvalue weighted by Crippen LogP contribution is -2.42. The van der Waals surface area contributed by atoms with Crippen LogP contribution in [0, 0.1) is 5.82 Å². The Balaban J connectivity index is 1.55. The van der Waals surface area contributed by atoms with Crippen molar-refractivity contribution in [1.29, 1.82) is 0 Å². The van der Waals surface area contributed by atoms with E-state index in [0.29, 0.717) is 22.9 Å². The number of amides is 1. The maximum Gasteiger partial charge on any atom is 0.258 e. The number of anilines is 1. The number of hydrogen-bond acceptors (Lipinski definition) is 2. The number of aryl methyl sites for hydroxylation is 1. The molecule has 148 valence electrons. The van der Waals surface area contributed by atoms with Gasteiger partial charge in [-0.2, -0.15) is 0 Å². The Kier molecular flexibility index (Phi) is 5.54. The van der Waals surface area contributed by atoms with Crippen molar-refractivity contribution in [1.82, 2.24) is 0 Å². The second kappa shape index (κ2) is 8.26. The number of hydrogen-bond donors (Lipinski definition) is 0. The smallest absolute Gasteiger partial charge is 0.258 e. The molecule has 4 rings (SSSR count). The molecule has 0 aromatic heterocycles. The number of carbonyl (C=O) groups excluding carboxylic acids is 1. The minimum absolute atomic E-state index is 0.0504. The van der Waals surface area contributed by atoms with Gasteiger partial charge in [-0.1, -0.05) is 23.7 Å². The molecule has 1 unspecified atom stereocenters. The maximum absolute atomic E-state index is 13.6. The highest BCUT2D eigenvalue weighted by Gasteiger charge is 2.29.